The van der Waals surface area contributed by atoms with Crippen LogP contribution in [0.15, 0.2) is 41.5 Å². The highest BCUT2D eigenvalue weighted by atomic mass is 16.4. The Morgan fingerprint density at radius 3 is 2.70 bits per heavy atom. The first-order chi connectivity index (χ1) is 9.58. The Balaban J connectivity index is 2.00. The number of nitrogens with zero attached hydrogens (tertiary/aromatic N) is 1. The van der Waals surface area contributed by atoms with Gasteiger partial charge >= 0.3 is 5.97 Å². The fraction of sp³-hybridized carbons (Fsp3) is 0.333. The summed E-state index contributed by atoms with van der Waals surface area (Å²) in [6.07, 6.45) is 0.490. The van der Waals surface area contributed by atoms with Gasteiger partial charge in [-0.05, 0) is 18.9 Å². The molecule has 0 fully saturated rings. The van der Waals surface area contributed by atoms with Crippen molar-refractivity contribution >= 4 is 11.9 Å². The van der Waals surface area contributed by atoms with E-state index in [1.807, 2.05) is 37.3 Å². The van der Waals surface area contributed by atoms with Crippen LogP contribution in [0.25, 0.3) is 0 Å². The number of hydrazine groups is 1. The molecule has 2 N–H and O–H groups in total. The maximum atomic E-state index is 12.2. The van der Waals surface area contributed by atoms with E-state index in [1.165, 1.54) is 5.01 Å². The van der Waals surface area contributed by atoms with Crippen molar-refractivity contribution in [1.82, 2.24) is 10.4 Å². The fourth-order valence-corrected chi connectivity index (χ4v) is 2.19. The summed E-state index contributed by atoms with van der Waals surface area (Å²) >= 11 is 0. The Kier molecular flexibility index (Phi) is 4.53. The van der Waals surface area contributed by atoms with Crippen LogP contribution in [-0.4, -0.2) is 28.5 Å². The average molecular weight is 274 g/mol. The van der Waals surface area contributed by atoms with Crippen molar-refractivity contribution in [1.29, 1.82) is 0 Å². The fourth-order valence-electron chi connectivity index (χ4n) is 2.19. The molecule has 0 unspecified atom stereocenters. The lowest BCUT2D eigenvalue weighted by Gasteiger charge is -2.29. The number of nitrogens with one attached hydrogen (secondary N) is 1. The van der Waals surface area contributed by atoms with Crippen LogP contribution in [-0.2, 0) is 16.1 Å². The summed E-state index contributed by atoms with van der Waals surface area (Å²) in [4.78, 5) is 23.1. The quantitative estimate of drug-likeness (QED) is 0.857. The van der Waals surface area contributed by atoms with Gasteiger partial charge in [-0.2, -0.15) is 0 Å². The first-order valence-electron chi connectivity index (χ1n) is 6.57. The Bertz CT molecular complexity index is 537. The van der Waals surface area contributed by atoms with Crippen molar-refractivity contribution in [3.8, 4) is 0 Å². The van der Waals surface area contributed by atoms with Crippen molar-refractivity contribution < 1.29 is 14.7 Å². The summed E-state index contributed by atoms with van der Waals surface area (Å²) < 4.78 is 0. The number of amides is 1. The lowest BCUT2D eigenvalue weighted by atomic mass is 9.99. The summed E-state index contributed by atoms with van der Waals surface area (Å²) in [5.41, 5.74) is 5.41. The van der Waals surface area contributed by atoms with Crippen LogP contribution >= 0.6 is 0 Å². The molecule has 0 saturated carbocycles. The number of hydrogen-bond donors (Lipinski definition) is 2. The third-order valence-corrected chi connectivity index (χ3v) is 3.37. The van der Waals surface area contributed by atoms with Crippen LogP contribution in [0.5, 0.6) is 0 Å². The number of benzene rings is 1. The first kappa shape index (κ1) is 14.3. The number of aliphatic carboxylic acids is 1. The zero-order valence-corrected chi connectivity index (χ0v) is 11.4. The van der Waals surface area contributed by atoms with Crippen molar-refractivity contribution in [2.24, 2.45) is 0 Å². The minimum Gasteiger partial charge on any atom is -0.481 e. The molecule has 1 heterocycles. The van der Waals surface area contributed by atoms with Crippen LogP contribution in [0.3, 0.4) is 0 Å². The Hall–Kier alpha value is -2.14. The van der Waals surface area contributed by atoms with E-state index < -0.39 is 5.97 Å². The van der Waals surface area contributed by atoms with Crippen LogP contribution in [0, 0.1) is 0 Å². The number of hydrogen-bond acceptors (Lipinski definition) is 3. The van der Waals surface area contributed by atoms with Gasteiger partial charge in [-0.15, -0.1) is 0 Å². The SMILES string of the molecule is CC1=C(CC(=O)O)C(=O)N(NCc2ccccc2)CC1. The molecule has 0 atom stereocenters. The largest absolute Gasteiger partial charge is 0.481 e. The summed E-state index contributed by atoms with van der Waals surface area (Å²) in [6, 6.07) is 9.76. The predicted molar refractivity (Wildman–Crippen MR) is 74.6 cm³/mol. The molecule has 2 rings (SSSR count). The summed E-state index contributed by atoms with van der Waals surface area (Å²) in [6.45, 7) is 2.94. The second-order valence-corrected chi connectivity index (χ2v) is 4.86. The highest BCUT2D eigenvalue weighted by Crippen LogP contribution is 2.20. The third kappa shape index (κ3) is 3.45. The molecule has 106 valence electrons. The molecule has 1 aromatic carbocycles. The summed E-state index contributed by atoms with van der Waals surface area (Å²) in [5, 5.41) is 10.4. The second kappa shape index (κ2) is 6.34. The van der Waals surface area contributed by atoms with Gasteiger partial charge in [-0.3, -0.25) is 14.6 Å². The molecule has 0 aliphatic carbocycles. The molecule has 1 aliphatic heterocycles. The molecule has 0 bridgehead atoms. The van der Waals surface area contributed by atoms with Gasteiger partial charge in [0, 0.05) is 18.7 Å². The first-order valence-corrected chi connectivity index (χ1v) is 6.57. The normalized spacial score (nSPS) is 15.7. The smallest absolute Gasteiger partial charge is 0.308 e. The van der Waals surface area contributed by atoms with Crippen molar-refractivity contribution in [3.05, 3.63) is 47.0 Å². The Morgan fingerprint density at radius 1 is 1.35 bits per heavy atom. The molecular formula is C15H18N2O3. The molecule has 1 amide bonds. The minimum absolute atomic E-state index is 0.214. The van der Waals surface area contributed by atoms with Gasteiger partial charge in [0.25, 0.3) is 5.91 Å². The van der Waals surface area contributed by atoms with E-state index in [4.69, 9.17) is 5.11 Å². The monoisotopic (exact) mass is 274 g/mol. The van der Waals surface area contributed by atoms with Gasteiger partial charge in [0.05, 0.1) is 6.42 Å². The molecule has 0 saturated heterocycles. The van der Waals surface area contributed by atoms with Gasteiger partial charge in [0.2, 0.25) is 0 Å². The predicted octanol–water partition coefficient (Wildman–Crippen LogP) is 1.71. The molecule has 1 aromatic rings. The van der Waals surface area contributed by atoms with E-state index in [1.54, 1.807) is 0 Å². The van der Waals surface area contributed by atoms with E-state index in [0.29, 0.717) is 25.1 Å². The van der Waals surface area contributed by atoms with Gasteiger partial charge < -0.3 is 5.11 Å². The number of carboxylic acids is 1. The van der Waals surface area contributed by atoms with Crippen LogP contribution in [0.1, 0.15) is 25.3 Å². The van der Waals surface area contributed by atoms with Crippen molar-refractivity contribution in [3.63, 3.8) is 0 Å². The van der Waals surface area contributed by atoms with E-state index in [0.717, 1.165) is 11.1 Å². The van der Waals surface area contributed by atoms with Crippen molar-refractivity contribution in [2.45, 2.75) is 26.3 Å². The maximum absolute atomic E-state index is 12.2. The van der Waals surface area contributed by atoms with E-state index in [-0.39, 0.29) is 12.3 Å². The molecule has 20 heavy (non-hydrogen) atoms. The number of carbonyl (C=O) groups excluding carboxylic acids is 1. The topological polar surface area (TPSA) is 69.6 Å². The number of carboxylic acid groups (broad SMARTS) is 1. The minimum atomic E-state index is -0.974. The zero-order valence-electron chi connectivity index (χ0n) is 11.4. The summed E-state index contributed by atoms with van der Waals surface area (Å²) in [7, 11) is 0. The molecule has 0 spiro atoms. The molecule has 5 nitrogen and oxygen atoms in total. The zero-order chi connectivity index (χ0) is 14.5. The Morgan fingerprint density at radius 2 is 2.05 bits per heavy atom. The Labute approximate surface area is 117 Å². The van der Waals surface area contributed by atoms with Crippen LogP contribution < -0.4 is 5.43 Å². The highest BCUT2D eigenvalue weighted by Gasteiger charge is 2.26. The molecule has 5 heteroatoms. The molecule has 0 aromatic heterocycles. The number of rotatable bonds is 5. The molecular weight excluding hydrogens is 256 g/mol. The third-order valence-electron chi connectivity index (χ3n) is 3.37. The van der Waals surface area contributed by atoms with Crippen molar-refractivity contribution in [2.75, 3.05) is 6.54 Å². The van der Waals surface area contributed by atoms with Gasteiger partial charge in [0.15, 0.2) is 0 Å². The average Bonchev–Trinajstić information content (AvgIpc) is 2.43. The van der Waals surface area contributed by atoms with Gasteiger partial charge in [-0.1, -0.05) is 35.9 Å². The van der Waals surface area contributed by atoms with E-state index in [9.17, 15) is 9.59 Å². The summed E-state index contributed by atoms with van der Waals surface area (Å²) in [5.74, 6) is -1.20. The lowest BCUT2D eigenvalue weighted by molar-refractivity contribution is -0.139. The lowest BCUT2D eigenvalue weighted by Crippen LogP contribution is -2.46. The maximum Gasteiger partial charge on any atom is 0.308 e. The molecule has 0 radical (unpaired) electrons. The highest BCUT2D eigenvalue weighted by molar-refractivity contribution is 5.98. The van der Waals surface area contributed by atoms with Gasteiger partial charge in [0.1, 0.15) is 0 Å². The van der Waals surface area contributed by atoms with Crippen LogP contribution in [0.4, 0.5) is 0 Å². The van der Waals surface area contributed by atoms with Crippen LogP contribution in [0.2, 0.25) is 0 Å². The standard InChI is InChI=1S/C15H18N2O3/c1-11-7-8-17(15(20)13(11)9-14(18)19)16-10-12-5-3-2-4-6-12/h2-6,16H,7-10H2,1H3,(H,18,19). The number of carbonyl (C=O) groups is 2. The second-order valence-electron chi connectivity index (χ2n) is 4.86. The van der Waals surface area contributed by atoms with E-state index >= 15 is 0 Å². The molecule has 1 aliphatic rings. The van der Waals surface area contributed by atoms with Gasteiger partial charge in [-0.25, -0.2) is 5.43 Å². The van der Waals surface area contributed by atoms with E-state index in [2.05, 4.69) is 5.43 Å².